The van der Waals surface area contributed by atoms with Gasteiger partial charge in [0.15, 0.2) is 0 Å². The number of nitrogens with zero attached hydrogens (tertiary/aromatic N) is 1. The molecule has 2 fully saturated rings. The van der Waals surface area contributed by atoms with Crippen LogP contribution in [-0.4, -0.2) is 24.5 Å². The molecule has 0 aromatic carbocycles. The molecular weight excluding hydrogens is 146 g/mol. The van der Waals surface area contributed by atoms with Crippen LogP contribution in [0.25, 0.3) is 0 Å². The molecule has 0 bridgehead atoms. The van der Waals surface area contributed by atoms with E-state index in [2.05, 4.69) is 25.8 Å². The minimum atomic E-state index is 0.846. The lowest BCUT2D eigenvalue weighted by molar-refractivity contribution is 0.249. The van der Waals surface area contributed by atoms with E-state index in [1.54, 1.807) is 0 Å². The van der Waals surface area contributed by atoms with Gasteiger partial charge in [-0.1, -0.05) is 13.8 Å². The third-order valence-electron chi connectivity index (χ3n) is 3.69. The third kappa shape index (κ3) is 1.52. The standard InChI is InChI=1S/C11H21N/c1-8(2)11-6-10(7-12(11)3)9-4-5-9/h8-11H,4-7H2,1-3H3/t10-,11+/m0/s1. The zero-order valence-electron chi connectivity index (χ0n) is 8.59. The molecule has 1 aliphatic heterocycles. The van der Waals surface area contributed by atoms with Gasteiger partial charge in [-0.15, -0.1) is 0 Å². The van der Waals surface area contributed by atoms with Gasteiger partial charge < -0.3 is 4.90 Å². The van der Waals surface area contributed by atoms with E-state index in [4.69, 9.17) is 0 Å². The Morgan fingerprint density at radius 3 is 2.25 bits per heavy atom. The second-order valence-corrected chi connectivity index (χ2v) is 5.08. The molecule has 0 N–H and O–H groups in total. The van der Waals surface area contributed by atoms with Gasteiger partial charge in [-0.2, -0.15) is 0 Å². The molecule has 2 aliphatic rings. The van der Waals surface area contributed by atoms with Crippen LogP contribution in [0, 0.1) is 17.8 Å². The predicted molar refractivity (Wildman–Crippen MR) is 52.1 cm³/mol. The van der Waals surface area contributed by atoms with Crippen LogP contribution in [-0.2, 0) is 0 Å². The molecule has 0 spiro atoms. The van der Waals surface area contributed by atoms with Gasteiger partial charge in [0.25, 0.3) is 0 Å². The molecule has 2 atom stereocenters. The molecule has 1 saturated heterocycles. The Kier molecular flexibility index (Phi) is 2.16. The van der Waals surface area contributed by atoms with Crippen LogP contribution < -0.4 is 0 Å². The molecule has 2 rings (SSSR count). The summed E-state index contributed by atoms with van der Waals surface area (Å²) in [7, 11) is 2.30. The van der Waals surface area contributed by atoms with Gasteiger partial charge in [0.05, 0.1) is 0 Å². The molecule has 1 saturated carbocycles. The molecule has 0 amide bonds. The normalized spacial score (nSPS) is 38.0. The Morgan fingerprint density at radius 2 is 1.83 bits per heavy atom. The quantitative estimate of drug-likeness (QED) is 0.610. The van der Waals surface area contributed by atoms with Crippen LogP contribution in [0.2, 0.25) is 0 Å². The topological polar surface area (TPSA) is 3.24 Å². The van der Waals surface area contributed by atoms with Crippen molar-refractivity contribution in [2.75, 3.05) is 13.6 Å². The summed E-state index contributed by atoms with van der Waals surface area (Å²) in [5.74, 6) is 3.00. The van der Waals surface area contributed by atoms with Crippen molar-refractivity contribution < 1.29 is 0 Å². The molecule has 1 heteroatoms. The van der Waals surface area contributed by atoms with Crippen molar-refractivity contribution >= 4 is 0 Å². The minimum absolute atomic E-state index is 0.846. The van der Waals surface area contributed by atoms with Gasteiger partial charge >= 0.3 is 0 Å². The van der Waals surface area contributed by atoms with Crippen molar-refractivity contribution in [3.8, 4) is 0 Å². The molecule has 0 unspecified atom stereocenters. The lowest BCUT2D eigenvalue weighted by atomic mass is 9.95. The van der Waals surface area contributed by atoms with Gasteiger partial charge in [-0.25, -0.2) is 0 Å². The van der Waals surface area contributed by atoms with E-state index in [-0.39, 0.29) is 0 Å². The monoisotopic (exact) mass is 167 g/mol. The molecular formula is C11H21N. The molecule has 0 radical (unpaired) electrons. The highest BCUT2D eigenvalue weighted by molar-refractivity contribution is 4.92. The molecule has 1 heterocycles. The SMILES string of the molecule is CC(C)[C@H]1C[C@H](C2CC2)CN1C. The molecule has 70 valence electrons. The summed E-state index contributed by atoms with van der Waals surface area (Å²) < 4.78 is 0. The fourth-order valence-corrected chi connectivity index (χ4v) is 2.76. The summed E-state index contributed by atoms with van der Waals surface area (Å²) in [5, 5.41) is 0. The summed E-state index contributed by atoms with van der Waals surface area (Å²) in [6, 6.07) is 0.871. The fourth-order valence-electron chi connectivity index (χ4n) is 2.76. The van der Waals surface area contributed by atoms with Crippen LogP contribution in [0.15, 0.2) is 0 Å². The van der Waals surface area contributed by atoms with Gasteiger partial charge in [0.1, 0.15) is 0 Å². The van der Waals surface area contributed by atoms with Crippen LogP contribution >= 0.6 is 0 Å². The molecule has 0 aromatic heterocycles. The van der Waals surface area contributed by atoms with E-state index in [1.165, 1.54) is 25.8 Å². The van der Waals surface area contributed by atoms with Crippen molar-refractivity contribution in [2.24, 2.45) is 17.8 Å². The fraction of sp³-hybridized carbons (Fsp3) is 1.00. The number of rotatable bonds is 2. The summed E-state index contributed by atoms with van der Waals surface area (Å²) in [5.41, 5.74) is 0. The van der Waals surface area contributed by atoms with E-state index in [9.17, 15) is 0 Å². The van der Waals surface area contributed by atoms with Crippen molar-refractivity contribution in [1.29, 1.82) is 0 Å². The number of hydrogen-bond acceptors (Lipinski definition) is 1. The Bertz CT molecular complexity index is 160. The second-order valence-electron chi connectivity index (χ2n) is 5.08. The van der Waals surface area contributed by atoms with E-state index in [0.29, 0.717) is 0 Å². The summed E-state index contributed by atoms with van der Waals surface area (Å²) in [6.07, 6.45) is 4.51. The largest absolute Gasteiger partial charge is 0.303 e. The summed E-state index contributed by atoms with van der Waals surface area (Å²) >= 11 is 0. The van der Waals surface area contributed by atoms with Crippen LogP contribution in [0.3, 0.4) is 0 Å². The lowest BCUT2D eigenvalue weighted by Crippen LogP contribution is -2.29. The first-order chi connectivity index (χ1) is 5.68. The Hall–Kier alpha value is -0.0400. The lowest BCUT2D eigenvalue weighted by Gasteiger charge is -2.22. The van der Waals surface area contributed by atoms with Gasteiger partial charge in [0.2, 0.25) is 0 Å². The van der Waals surface area contributed by atoms with E-state index in [1.807, 2.05) is 0 Å². The zero-order valence-corrected chi connectivity index (χ0v) is 8.59. The Morgan fingerprint density at radius 1 is 1.17 bits per heavy atom. The highest BCUT2D eigenvalue weighted by Gasteiger charge is 2.39. The average Bonchev–Trinajstić information content (AvgIpc) is 2.75. The molecule has 1 nitrogen and oxygen atoms in total. The summed E-state index contributed by atoms with van der Waals surface area (Å²) in [6.45, 7) is 6.08. The molecule has 1 aliphatic carbocycles. The Balaban J connectivity index is 1.92. The second kappa shape index (κ2) is 3.02. The number of hydrogen-bond donors (Lipinski definition) is 0. The van der Waals surface area contributed by atoms with Crippen LogP contribution in [0.4, 0.5) is 0 Å². The zero-order chi connectivity index (χ0) is 8.72. The highest BCUT2D eigenvalue weighted by Crippen LogP contribution is 2.43. The Labute approximate surface area is 76.1 Å². The predicted octanol–water partition coefficient (Wildman–Crippen LogP) is 2.37. The maximum atomic E-state index is 2.58. The molecule has 0 aromatic rings. The minimum Gasteiger partial charge on any atom is -0.303 e. The van der Waals surface area contributed by atoms with E-state index >= 15 is 0 Å². The van der Waals surface area contributed by atoms with E-state index < -0.39 is 0 Å². The van der Waals surface area contributed by atoms with Crippen molar-refractivity contribution in [3.05, 3.63) is 0 Å². The first kappa shape index (κ1) is 8.55. The van der Waals surface area contributed by atoms with Crippen molar-refractivity contribution in [3.63, 3.8) is 0 Å². The smallest absolute Gasteiger partial charge is 0.0118 e. The summed E-state index contributed by atoms with van der Waals surface area (Å²) in [4.78, 5) is 2.58. The number of likely N-dealkylation sites (tertiary alicyclic amines) is 1. The highest BCUT2D eigenvalue weighted by atomic mass is 15.2. The van der Waals surface area contributed by atoms with Crippen LogP contribution in [0.1, 0.15) is 33.1 Å². The first-order valence-corrected chi connectivity index (χ1v) is 5.38. The third-order valence-corrected chi connectivity index (χ3v) is 3.69. The van der Waals surface area contributed by atoms with Gasteiger partial charge in [0, 0.05) is 12.6 Å². The maximum absolute atomic E-state index is 2.58. The van der Waals surface area contributed by atoms with Crippen molar-refractivity contribution in [1.82, 2.24) is 4.90 Å². The maximum Gasteiger partial charge on any atom is 0.0118 e. The van der Waals surface area contributed by atoms with Crippen LogP contribution in [0.5, 0.6) is 0 Å². The van der Waals surface area contributed by atoms with Crippen molar-refractivity contribution in [2.45, 2.75) is 39.2 Å². The molecule has 12 heavy (non-hydrogen) atoms. The average molecular weight is 167 g/mol. The van der Waals surface area contributed by atoms with E-state index in [0.717, 1.165) is 23.8 Å². The van der Waals surface area contributed by atoms with Gasteiger partial charge in [-0.05, 0) is 44.1 Å². The first-order valence-electron chi connectivity index (χ1n) is 5.38. The van der Waals surface area contributed by atoms with Gasteiger partial charge in [-0.3, -0.25) is 0 Å².